The molecule has 9 heteroatoms. The molecule has 1 saturated heterocycles. The van der Waals surface area contributed by atoms with Crippen molar-refractivity contribution in [3.05, 3.63) is 95.6 Å². The summed E-state index contributed by atoms with van der Waals surface area (Å²) in [5.74, 6) is 0.154. The summed E-state index contributed by atoms with van der Waals surface area (Å²) in [7, 11) is 0. The Hall–Kier alpha value is -4.37. The van der Waals surface area contributed by atoms with Crippen LogP contribution in [-0.4, -0.2) is 68.5 Å². The first kappa shape index (κ1) is 29.7. The number of carbonyl (C=O) groups is 2. The smallest absolute Gasteiger partial charge is 0.251 e. The molecule has 4 aromatic rings. The molecule has 0 bridgehead atoms. The predicted octanol–water partition coefficient (Wildman–Crippen LogP) is 5.65. The molecule has 8 nitrogen and oxygen atoms in total. The van der Waals surface area contributed by atoms with Crippen molar-refractivity contribution in [2.45, 2.75) is 58.2 Å². The normalized spacial score (nSPS) is 19.9. The highest BCUT2D eigenvalue weighted by Crippen LogP contribution is 2.28. The monoisotopic (exact) mass is 594 g/mol. The quantitative estimate of drug-likeness (QED) is 0.232. The molecule has 0 spiro atoms. The summed E-state index contributed by atoms with van der Waals surface area (Å²) in [6.45, 7) is 6.05. The van der Waals surface area contributed by atoms with E-state index in [-0.39, 0.29) is 29.7 Å². The molecule has 0 saturated carbocycles. The van der Waals surface area contributed by atoms with E-state index < -0.39 is 0 Å². The highest BCUT2D eigenvalue weighted by atomic mass is 19.1. The minimum Gasteiger partial charge on any atom is -0.348 e. The van der Waals surface area contributed by atoms with Crippen LogP contribution >= 0.6 is 0 Å². The van der Waals surface area contributed by atoms with Crippen LogP contribution in [0.15, 0.2) is 72.9 Å². The number of piperidine rings is 1. The van der Waals surface area contributed by atoms with Crippen molar-refractivity contribution in [3.8, 4) is 11.3 Å². The minimum atomic E-state index is -0.367. The van der Waals surface area contributed by atoms with Gasteiger partial charge in [-0.1, -0.05) is 30.4 Å². The summed E-state index contributed by atoms with van der Waals surface area (Å²) in [5.41, 5.74) is 4.51. The largest absolute Gasteiger partial charge is 0.348 e. The second-order valence-corrected chi connectivity index (χ2v) is 11.9. The number of pyridine rings is 1. The minimum absolute atomic E-state index is 0.0845. The summed E-state index contributed by atoms with van der Waals surface area (Å²) in [4.78, 5) is 35.6. The number of hydrogen-bond donors (Lipinski definition) is 2. The topological polar surface area (TPSA) is 94.2 Å². The lowest BCUT2D eigenvalue weighted by Gasteiger charge is -2.41. The number of benzene rings is 2. The van der Waals surface area contributed by atoms with Gasteiger partial charge in [0.05, 0.1) is 11.6 Å². The molecular weight excluding hydrogens is 555 g/mol. The molecule has 1 aliphatic heterocycles. The average molecular weight is 595 g/mol. The molecule has 2 N–H and O–H groups in total. The number of fused-ring (bicyclic) bond motifs is 1. The number of nitrogens with zero attached hydrogens (tertiary/aromatic N) is 4. The summed E-state index contributed by atoms with van der Waals surface area (Å²) in [5, 5.41) is 11.6. The number of H-pyrrole nitrogens is 1. The van der Waals surface area contributed by atoms with Gasteiger partial charge >= 0.3 is 0 Å². The van der Waals surface area contributed by atoms with Crippen LogP contribution in [0.3, 0.4) is 0 Å². The van der Waals surface area contributed by atoms with Crippen LogP contribution in [-0.2, 0) is 11.3 Å². The third kappa shape index (κ3) is 6.43. The van der Waals surface area contributed by atoms with Crippen molar-refractivity contribution in [3.63, 3.8) is 0 Å². The number of halogens is 1. The molecule has 1 fully saturated rings. The van der Waals surface area contributed by atoms with Crippen molar-refractivity contribution in [1.29, 1.82) is 0 Å². The van der Waals surface area contributed by atoms with Crippen LogP contribution in [0.25, 0.3) is 22.2 Å². The van der Waals surface area contributed by atoms with Gasteiger partial charge < -0.3 is 10.2 Å². The van der Waals surface area contributed by atoms with E-state index in [1.54, 1.807) is 24.4 Å². The highest BCUT2D eigenvalue weighted by molar-refractivity contribution is 6.01. The van der Waals surface area contributed by atoms with Gasteiger partial charge in [-0.3, -0.25) is 24.6 Å². The molecule has 2 aliphatic rings. The molecule has 2 amide bonds. The standard InChI is InChI=1S/C35H39FN6O2/c1-3-41(18-16-24-7-6-8-24)35(44)32-14-12-28(22-42(32)21-27-9-4-5-10-30(27)36)38-34(43)26-11-13-31-29(20-26)33(40-39-31)25-15-17-37-23(2)19-25/h4-7,9-11,13,15,17,19-20,24,28,32H,3,8,12,14,16,18,21-22H2,1-2H3,(H,38,43)(H,39,40). The number of aryl methyl sites for hydroxylation is 1. The van der Waals surface area contributed by atoms with E-state index in [2.05, 4.69) is 32.7 Å². The zero-order chi connectivity index (χ0) is 30.6. The molecule has 2 aromatic carbocycles. The van der Waals surface area contributed by atoms with Gasteiger partial charge in [-0.25, -0.2) is 4.39 Å². The molecule has 3 heterocycles. The maximum atomic E-state index is 14.8. The number of carbonyl (C=O) groups excluding carboxylic acids is 2. The van der Waals surface area contributed by atoms with E-state index in [1.807, 2.05) is 54.0 Å². The van der Waals surface area contributed by atoms with Gasteiger partial charge in [0.1, 0.15) is 11.5 Å². The first-order valence-electron chi connectivity index (χ1n) is 15.5. The fourth-order valence-corrected chi connectivity index (χ4v) is 6.30. The molecule has 1 aliphatic carbocycles. The third-order valence-corrected chi connectivity index (χ3v) is 8.94. The van der Waals surface area contributed by atoms with Crippen LogP contribution in [0, 0.1) is 18.7 Å². The van der Waals surface area contributed by atoms with E-state index >= 15 is 0 Å². The Balaban J connectivity index is 1.19. The van der Waals surface area contributed by atoms with Crippen LogP contribution in [0.5, 0.6) is 0 Å². The predicted molar refractivity (Wildman–Crippen MR) is 169 cm³/mol. The Morgan fingerprint density at radius 2 is 1.98 bits per heavy atom. The maximum Gasteiger partial charge on any atom is 0.251 e. The number of likely N-dealkylation sites (tertiary alicyclic amines) is 1. The van der Waals surface area contributed by atoms with Crippen LogP contribution in [0.2, 0.25) is 0 Å². The van der Waals surface area contributed by atoms with Gasteiger partial charge in [0.15, 0.2) is 0 Å². The number of rotatable bonds is 10. The molecular formula is C35H39FN6O2. The van der Waals surface area contributed by atoms with Crippen LogP contribution in [0.1, 0.15) is 54.2 Å². The Morgan fingerprint density at radius 3 is 2.73 bits per heavy atom. The van der Waals surface area contributed by atoms with Gasteiger partial charge in [0, 0.05) is 66.2 Å². The Morgan fingerprint density at radius 1 is 1.14 bits per heavy atom. The maximum absolute atomic E-state index is 14.8. The lowest BCUT2D eigenvalue weighted by molar-refractivity contribution is -0.138. The number of likely N-dealkylation sites (N-methyl/N-ethyl adjacent to an activating group) is 1. The first-order valence-corrected chi connectivity index (χ1v) is 15.5. The number of hydrogen-bond acceptors (Lipinski definition) is 5. The number of allylic oxidation sites excluding steroid dienone is 2. The molecule has 228 valence electrons. The van der Waals surface area contributed by atoms with Crippen molar-refractivity contribution in [2.24, 2.45) is 5.92 Å². The molecule has 3 unspecified atom stereocenters. The third-order valence-electron chi connectivity index (χ3n) is 8.94. The Kier molecular flexibility index (Phi) is 8.84. The SMILES string of the molecule is CCN(CCC1C=CC1)C(=O)C1CCC(NC(=O)c2ccc3[nH]nc(-c4ccnc(C)c4)c3c2)CN1Cc1ccccc1F. The summed E-state index contributed by atoms with van der Waals surface area (Å²) >= 11 is 0. The molecule has 6 rings (SSSR count). The molecule has 44 heavy (non-hydrogen) atoms. The van der Waals surface area contributed by atoms with Gasteiger partial charge in [0.25, 0.3) is 5.91 Å². The Labute approximate surface area is 257 Å². The number of amides is 2. The van der Waals surface area contributed by atoms with Gasteiger partial charge in [-0.05, 0) is 81.8 Å². The summed E-state index contributed by atoms with van der Waals surface area (Å²) in [6.07, 6.45) is 9.41. The van der Waals surface area contributed by atoms with Gasteiger partial charge in [-0.15, -0.1) is 0 Å². The number of aromatic nitrogens is 3. The summed E-state index contributed by atoms with van der Waals surface area (Å²) in [6, 6.07) is 15.6. The molecule has 2 aromatic heterocycles. The molecule has 3 atom stereocenters. The fourth-order valence-electron chi connectivity index (χ4n) is 6.30. The van der Waals surface area contributed by atoms with E-state index in [9.17, 15) is 14.0 Å². The second kappa shape index (κ2) is 13.1. The zero-order valence-electron chi connectivity index (χ0n) is 25.3. The van der Waals surface area contributed by atoms with Crippen molar-refractivity contribution >= 4 is 22.7 Å². The number of nitrogens with one attached hydrogen (secondary N) is 2. The molecule has 0 radical (unpaired) electrons. The average Bonchev–Trinajstić information content (AvgIpc) is 3.43. The summed E-state index contributed by atoms with van der Waals surface area (Å²) < 4.78 is 14.8. The van der Waals surface area contributed by atoms with E-state index in [0.717, 1.165) is 40.7 Å². The van der Waals surface area contributed by atoms with Crippen molar-refractivity contribution < 1.29 is 14.0 Å². The highest BCUT2D eigenvalue weighted by Gasteiger charge is 2.36. The van der Waals surface area contributed by atoms with Gasteiger partial charge in [0.2, 0.25) is 5.91 Å². The van der Waals surface area contributed by atoms with Crippen LogP contribution in [0.4, 0.5) is 4.39 Å². The van der Waals surface area contributed by atoms with E-state index in [1.165, 1.54) is 6.07 Å². The van der Waals surface area contributed by atoms with Crippen molar-refractivity contribution in [2.75, 3.05) is 19.6 Å². The van der Waals surface area contributed by atoms with Gasteiger partial charge in [-0.2, -0.15) is 5.10 Å². The lowest BCUT2D eigenvalue weighted by atomic mass is 9.91. The fraction of sp³-hybridized carbons (Fsp3) is 0.371. The zero-order valence-corrected chi connectivity index (χ0v) is 25.3. The van der Waals surface area contributed by atoms with E-state index in [4.69, 9.17) is 0 Å². The van der Waals surface area contributed by atoms with Crippen molar-refractivity contribution in [1.82, 2.24) is 30.3 Å². The number of aromatic amines is 1. The van der Waals surface area contributed by atoms with Crippen LogP contribution < -0.4 is 5.32 Å². The Bertz CT molecular complexity index is 1680. The van der Waals surface area contributed by atoms with E-state index in [0.29, 0.717) is 56.1 Å². The second-order valence-electron chi connectivity index (χ2n) is 11.9. The lowest BCUT2D eigenvalue weighted by Crippen LogP contribution is -2.57. The first-order chi connectivity index (χ1) is 21.4.